The molecule has 0 saturated carbocycles. The molecule has 0 amide bonds. The van der Waals surface area contributed by atoms with E-state index in [-0.39, 0.29) is 11.7 Å². The summed E-state index contributed by atoms with van der Waals surface area (Å²) < 4.78 is 13.4. The lowest BCUT2D eigenvalue weighted by atomic mass is 9.63. The van der Waals surface area contributed by atoms with Crippen LogP contribution in [0.4, 0.5) is 4.39 Å². The molecule has 22 heavy (non-hydrogen) atoms. The molecule has 3 rings (SSSR count). The minimum absolute atomic E-state index is 0.0183. The van der Waals surface area contributed by atoms with Crippen molar-refractivity contribution in [1.29, 1.82) is 0 Å². The standard InChI is InChI=1S/C19H18FNO/c1-2-14-5-3-4-10-19(14,15-8-11-21-12-9-15)17-7-6-16(20)13-18(17)22/h3-14,22H,2H2,1H3. The van der Waals surface area contributed by atoms with Gasteiger partial charge in [-0.3, -0.25) is 4.98 Å². The smallest absolute Gasteiger partial charge is 0.126 e. The number of aromatic hydroxyl groups is 1. The first kappa shape index (κ1) is 14.5. The Morgan fingerprint density at radius 1 is 1.18 bits per heavy atom. The van der Waals surface area contributed by atoms with Crippen molar-refractivity contribution in [2.45, 2.75) is 18.8 Å². The molecule has 0 saturated heterocycles. The van der Waals surface area contributed by atoms with Gasteiger partial charge in [-0.25, -0.2) is 4.39 Å². The molecule has 2 nitrogen and oxygen atoms in total. The molecule has 1 aromatic heterocycles. The van der Waals surface area contributed by atoms with Crippen LogP contribution < -0.4 is 0 Å². The SMILES string of the molecule is CCC1C=CC=CC1(c1ccncc1)c1ccc(F)cc1O. The van der Waals surface area contributed by atoms with Crippen molar-refractivity contribution in [2.75, 3.05) is 0 Å². The van der Waals surface area contributed by atoms with Gasteiger partial charge >= 0.3 is 0 Å². The highest BCUT2D eigenvalue weighted by Crippen LogP contribution is 2.47. The molecular formula is C19H18FNO. The van der Waals surface area contributed by atoms with Crippen LogP contribution in [0.15, 0.2) is 67.0 Å². The van der Waals surface area contributed by atoms with Gasteiger partial charge < -0.3 is 5.11 Å². The number of allylic oxidation sites excluding steroid dienone is 4. The number of aromatic nitrogens is 1. The molecule has 1 aromatic carbocycles. The number of phenols is 1. The monoisotopic (exact) mass is 295 g/mol. The lowest BCUT2D eigenvalue weighted by molar-refractivity contribution is 0.404. The Balaban J connectivity index is 2.28. The molecule has 0 bridgehead atoms. The highest BCUT2D eigenvalue weighted by atomic mass is 19.1. The van der Waals surface area contributed by atoms with Crippen molar-refractivity contribution in [3.05, 3.63) is 84.0 Å². The molecule has 3 heteroatoms. The number of hydrogen-bond donors (Lipinski definition) is 1. The van der Waals surface area contributed by atoms with Gasteiger partial charge in [-0.2, -0.15) is 0 Å². The molecule has 1 aliphatic rings. The first-order valence-corrected chi connectivity index (χ1v) is 7.44. The summed E-state index contributed by atoms with van der Waals surface area (Å²) in [6, 6.07) is 8.16. The van der Waals surface area contributed by atoms with Crippen LogP contribution in [0.2, 0.25) is 0 Å². The molecule has 1 heterocycles. The van der Waals surface area contributed by atoms with Crippen LogP contribution in [-0.2, 0) is 5.41 Å². The average Bonchev–Trinajstić information content (AvgIpc) is 2.55. The number of halogens is 1. The van der Waals surface area contributed by atoms with E-state index >= 15 is 0 Å². The van der Waals surface area contributed by atoms with Gasteiger partial charge in [0.25, 0.3) is 0 Å². The first-order valence-electron chi connectivity index (χ1n) is 7.44. The number of hydrogen-bond acceptors (Lipinski definition) is 2. The molecule has 0 fully saturated rings. The third-order valence-electron chi connectivity index (χ3n) is 4.40. The fourth-order valence-corrected chi connectivity index (χ4v) is 3.38. The highest BCUT2D eigenvalue weighted by molar-refractivity contribution is 5.53. The van der Waals surface area contributed by atoms with Gasteiger partial charge in [0.15, 0.2) is 0 Å². The summed E-state index contributed by atoms with van der Waals surface area (Å²) in [6.07, 6.45) is 12.6. The summed E-state index contributed by atoms with van der Waals surface area (Å²) in [5, 5.41) is 10.4. The van der Waals surface area contributed by atoms with Crippen molar-refractivity contribution in [3.63, 3.8) is 0 Å². The second kappa shape index (κ2) is 5.76. The molecule has 0 radical (unpaired) electrons. The third-order valence-corrected chi connectivity index (χ3v) is 4.40. The number of rotatable bonds is 3. The second-order valence-corrected chi connectivity index (χ2v) is 5.53. The summed E-state index contributed by atoms with van der Waals surface area (Å²) in [7, 11) is 0. The zero-order chi connectivity index (χ0) is 15.6. The van der Waals surface area contributed by atoms with Crippen LogP contribution in [0.3, 0.4) is 0 Å². The van der Waals surface area contributed by atoms with Crippen LogP contribution in [0.1, 0.15) is 24.5 Å². The van der Waals surface area contributed by atoms with Crippen LogP contribution in [0, 0.1) is 11.7 Å². The van der Waals surface area contributed by atoms with E-state index in [1.54, 1.807) is 18.5 Å². The minimum Gasteiger partial charge on any atom is -0.508 e. The predicted octanol–water partition coefficient (Wildman–Crippen LogP) is 4.36. The van der Waals surface area contributed by atoms with E-state index in [1.807, 2.05) is 24.3 Å². The lowest BCUT2D eigenvalue weighted by Gasteiger charge is -2.39. The van der Waals surface area contributed by atoms with Crippen molar-refractivity contribution >= 4 is 0 Å². The molecule has 0 spiro atoms. The van der Waals surface area contributed by atoms with Gasteiger partial charge in [0.1, 0.15) is 11.6 Å². The third kappa shape index (κ3) is 2.23. The fourth-order valence-electron chi connectivity index (χ4n) is 3.38. The van der Waals surface area contributed by atoms with E-state index in [2.05, 4.69) is 24.1 Å². The minimum atomic E-state index is -0.510. The van der Waals surface area contributed by atoms with E-state index < -0.39 is 11.2 Å². The zero-order valence-corrected chi connectivity index (χ0v) is 12.4. The van der Waals surface area contributed by atoms with Crippen molar-refractivity contribution in [3.8, 4) is 5.75 Å². The number of benzene rings is 1. The van der Waals surface area contributed by atoms with Gasteiger partial charge in [0, 0.05) is 29.4 Å². The van der Waals surface area contributed by atoms with Crippen LogP contribution in [-0.4, -0.2) is 10.1 Å². The normalized spacial score (nSPS) is 23.6. The summed E-state index contributed by atoms with van der Waals surface area (Å²) in [5.74, 6) is -0.277. The molecule has 1 N–H and O–H groups in total. The largest absolute Gasteiger partial charge is 0.508 e. The van der Waals surface area contributed by atoms with Gasteiger partial charge in [-0.15, -0.1) is 0 Å². The molecule has 2 unspecified atom stereocenters. The lowest BCUT2D eigenvalue weighted by Crippen LogP contribution is -2.35. The Bertz CT molecular complexity index is 723. The Labute approximate surface area is 129 Å². The van der Waals surface area contributed by atoms with E-state index in [0.29, 0.717) is 5.56 Å². The van der Waals surface area contributed by atoms with E-state index in [4.69, 9.17) is 0 Å². The first-order chi connectivity index (χ1) is 10.7. The quantitative estimate of drug-likeness (QED) is 0.912. The summed E-state index contributed by atoms with van der Waals surface area (Å²) in [6.45, 7) is 2.12. The Hall–Kier alpha value is -2.42. The summed E-state index contributed by atoms with van der Waals surface area (Å²) >= 11 is 0. The Morgan fingerprint density at radius 2 is 1.95 bits per heavy atom. The fraction of sp³-hybridized carbons (Fsp3) is 0.211. The molecule has 112 valence electrons. The number of pyridine rings is 1. The molecular weight excluding hydrogens is 277 g/mol. The van der Waals surface area contributed by atoms with Crippen molar-refractivity contribution in [2.24, 2.45) is 5.92 Å². The number of phenolic OH excluding ortho intramolecular Hbond substituents is 1. The van der Waals surface area contributed by atoms with E-state index in [0.717, 1.165) is 12.0 Å². The number of nitrogens with zero attached hydrogens (tertiary/aromatic N) is 1. The van der Waals surface area contributed by atoms with Crippen molar-refractivity contribution < 1.29 is 9.50 Å². The van der Waals surface area contributed by atoms with E-state index in [1.165, 1.54) is 12.1 Å². The van der Waals surface area contributed by atoms with Crippen molar-refractivity contribution in [1.82, 2.24) is 4.98 Å². The predicted molar refractivity (Wildman–Crippen MR) is 85.1 cm³/mol. The maximum atomic E-state index is 13.4. The Morgan fingerprint density at radius 3 is 2.64 bits per heavy atom. The molecule has 0 aliphatic heterocycles. The summed E-state index contributed by atoms with van der Waals surface area (Å²) in [4.78, 5) is 4.09. The Kier molecular flexibility index (Phi) is 3.80. The van der Waals surface area contributed by atoms with Gasteiger partial charge in [0.2, 0.25) is 0 Å². The highest BCUT2D eigenvalue weighted by Gasteiger charge is 2.40. The van der Waals surface area contributed by atoms with Gasteiger partial charge in [-0.05, 0) is 36.1 Å². The topological polar surface area (TPSA) is 33.1 Å². The zero-order valence-electron chi connectivity index (χ0n) is 12.4. The van der Waals surface area contributed by atoms with Crippen LogP contribution in [0.25, 0.3) is 0 Å². The average molecular weight is 295 g/mol. The summed E-state index contributed by atoms with van der Waals surface area (Å²) in [5.41, 5.74) is 1.24. The van der Waals surface area contributed by atoms with Crippen LogP contribution in [0.5, 0.6) is 5.75 Å². The maximum Gasteiger partial charge on any atom is 0.126 e. The maximum absolute atomic E-state index is 13.4. The molecule has 2 aromatic rings. The second-order valence-electron chi connectivity index (χ2n) is 5.53. The molecule has 1 aliphatic carbocycles. The molecule has 2 atom stereocenters. The van der Waals surface area contributed by atoms with Crippen LogP contribution >= 0.6 is 0 Å². The van der Waals surface area contributed by atoms with E-state index in [9.17, 15) is 9.50 Å². The van der Waals surface area contributed by atoms with Gasteiger partial charge in [0.05, 0.1) is 0 Å². The van der Waals surface area contributed by atoms with Gasteiger partial charge in [-0.1, -0.05) is 37.3 Å².